The van der Waals surface area contributed by atoms with Gasteiger partial charge in [0.25, 0.3) is 5.91 Å². The molecule has 0 heterocycles. The van der Waals surface area contributed by atoms with E-state index in [0.717, 1.165) is 4.31 Å². The Kier molecular flexibility index (Phi) is 7.35. The molecule has 9 heteroatoms. The number of benzene rings is 2. The monoisotopic (exact) mass is 418 g/mol. The fourth-order valence-corrected chi connectivity index (χ4v) is 3.70. The van der Waals surface area contributed by atoms with Crippen LogP contribution < -0.4 is 16.0 Å². The second kappa shape index (κ2) is 9.53. The van der Waals surface area contributed by atoms with E-state index in [1.54, 1.807) is 42.5 Å². The number of amides is 3. The highest BCUT2D eigenvalue weighted by atomic mass is 32.2. The molecule has 3 N–H and O–H groups in total. The Morgan fingerprint density at radius 3 is 2.28 bits per heavy atom. The number of para-hydroxylation sites is 1. The molecule has 8 nitrogen and oxygen atoms in total. The third-order valence-electron chi connectivity index (χ3n) is 4.01. The summed E-state index contributed by atoms with van der Waals surface area (Å²) in [5.74, 6) is -0.428. The van der Waals surface area contributed by atoms with Crippen molar-refractivity contribution in [2.24, 2.45) is 0 Å². The summed E-state index contributed by atoms with van der Waals surface area (Å²) >= 11 is 0. The zero-order chi connectivity index (χ0) is 21.6. The highest BCUT2D eigenvalue weighted by Gasteiger charge is 2.21. The van der Waals surface area contributed by atoms with Gasteiger partial charge in [-0.1, -0.05) is 30.3 Å². The Labute approximate surface area is 171 Å². The minimum Gasteiger partial charge on any atom is -0.348 e. The van der Waals surface area contributed by atoms with E-state index in [4.69, 9.17) is 0 Å². The van der Waals surface area contributed by atoms with Crippen molar-refractivity contribution in [1.82, 2.24) is 14.9 Å². The van der Waals surface area contributed by atoms with Crippen molar-refractivity contribution in [3.63, 3.8) is 0 Å². The lowest BCUT2D eigenvalue weighted by Gasteiger charge is -2.16. The molecule has 0 aliphatic heterocycles. The zero-order valence-corrected chi connectivity index (χ0v) is 17.7. The molecule has 29 heavy (non-hydrogen) atoms. The van der Waals surface area contributed by atoms with Crippen LogP contribution in [0.15, 0.2) is 53.4 Å². The van der Waals surface area contributed by atoms with Crippen LogP contribution in [0.1, 0.15) is 29.8 Å². The van der Waals surface area contributed by atoms with Gasteiger partial charge in [0.1, 0.15) is 0 Å². The fourth-order valence-electron chi connectivity index (χ4n) is 2.58. The van der Waals surface area contributed by atoms with Crippen molar-refractivity contribution in [3.8, 4) is 0 Å². The van der Waals surface area contributed by atoms with Gasteiger partial charge in [-0.3, -0.25) is 4.79 Å². The molecule has 0 fully saturated rings. The molecule has 0 saturated heterocycles. The Bertz CT molecular complexity index is 987. The minimum atomic E-state index is -3.64. The van der Waals surface area contributed by atoms with Gasteiger partial charge in [0, 0.05) is 26.7 Å². The van der Waals surface area contributed by atoms with Gasteiger partial charge in [0.05, 0.1) is 16.1 Å². The summed E-state index contributed by atoms with van der Waals surface area (Å²) in [6.45, 7) is 3.68. The van der Waals surface area contributed by atoms with Gasteiger partial charge in [0.2, 0.25) is 10.0 Å². The van der Waals surface area contributed by atoms with Crippen LogP contribution in [0.5, 0.6) is 0 Å². The Balaban J connectivity index is 2.19. The van der Waals surface area contributed by atoms with Gasteiger partial charge >= 0.3 is 6.03 Å². The SMILES string of the molecule is CC(C)NC(=O)Nc1ccccc1C(=O)NCc1ccccc1S(=O)(=O)N(C)C. The van der Waals surface area contributed by atoms with Crippen LogP contribution in [-0.2, 0) is 16.6 Å². The summed E-state index contributed by atoms with van der Waals surface area (Å²) in [5, 5.41) is 8.08. The standard InChI is InChI=1S/C20H26N4O4S/c1-14(2)22-20(26)23-17-11-7-6-10-16(17)19(25)21-13-15-9-5-8-12-18(15)29(27,28)24(3)4/h5-12,14H,13H2,1-4H3,(H,21,25)(H2,22,23,26). The number of carbonyl (C=O) groups is 2. The minimum absolute atomic E-state index is 0.0224. The highest BCUT2D eigenvalue weighted by molar-refractivity contribution is 7.89. The number of sulfonamides is 1. The number of anilines is 1. The normalized spacial score (nSPS) is 11.4. The lowest BCUT2D eigenvalue weighted by Crippen LogP contribution is -2.35. The molecule has 3 amide bonds. The molecule has 0 atom stereocenters. The van der Waals surface area contributed by atoms with Crippen molar-refractivity contribution in [1.29, 1.82) is 0 Å². The molecule has 2 aromatic rings. The maximum absolute atomic E-state index is 12.7. The van der Waals surface area contributed by atoms with Crippen LogP contribution in [0, 0.1) is 0 Å². The molecule has 0 aliphatic rings. The summed E-state index contributed by atoms with van der Waals surface area (Å²) in [6, 6.07) is 12.6. The fraction of sp³-hybridized carbons (Fsp3) is 0.300. The molecule has 0 aliphatic carbocycles. The molecule has 2 rings (SSSR count). The average molecular weight is 419 g/mol. The van der Waals surface area contributed by atoms with Crippen LogP contribution in [0.25, 0.3) is 0 Å². The number of nitrogens with zero attached hydrogens (tertiary/aromatic N) is 1. The van der Waals surface area contributed by atoms with Gasteiger partial charge in [0.15, 0.2) is 0 Å². The summed E-state index contributed by atoms with van der Waals surface area (Å²) in [7, 11) is -0.733. The Hall–Kier alpha value is -2.91. The van der Waals surface area contributed by atoms with Gasteiger partial charge in [-0.15, -0.1) is 0 Å². The van der Waals surface area contributed by atoms with Crippen molar-refractivity contribution in [3.05, 3.63) is 59.7 Å². The first-order valence-corrected chi connectivity index (χ1v) is 10.5. The number of carbonyl (C=O) groups excluding carboxylic acids is 2. The number of hydrogen-bond donors (Lipinski definition) is 3. The number of urea groups is 1. The maximum Gasteiger partial charge on any atom is 0.319 e. The molecule has 156 valence electrons. The predicted octanol–water partition coefficient (Wildman–Crippen LogP) is 2.40. The first-order chi connectivity index (χ1) is 13.6. The molecular weight excluding hydrogens is 392 g/mol. The van der Waals surface area contributed by atoms with E-state index in [2.05, 4.69) is 16.0 Å². The van der Waals surface area contributed by atoms with E-state index in [0.29, 0.717) is 11.3 Å². The van der Waals surface area contributed by atoms with Crippen LogP contribution >= 0.6 is 0 Å². The number of rotatable bonds is 7. The van der Waals surface area contributed by atoms with E-state index < -0.39 is 22.0 Å². The van der Waals surface area contributed by atoms with Crippen molar-refractivity contribution < 1.29 is 18.0 Å². The lowest BCUT2D eigenvalue weighted by atomic mass is 10.1. The topological polar surface area (TPSA) is 108 Å². The van der Waals surface area contributed by atoms with E-state index in [9.17, 15) is 18.0 Å². The highest BCUT2D eigenvalue weighted by Crippen LogP contribution is 2.19. The summed E-state index contributed by atoms with van der Waals surface area (Å²) in [6.07, 6.45) is 0. The molecule has 0 bridgehead atoms. The summed E-state index contributed by atoms with van der Waals surface area (Å²) in [5.41, 5.74) is 1.11. The van der Waals surface area contributed by atoms with Gasteiger partial charge in [-0.25, -0.2) is 17.5 Å². The number of nitrogens with one attached hydrogen (secondary N) is 3. The van der Waals surface area contributed by atoms with Crippen LogP contribution in [0.4, 0.5) is 10.5 Å². The van der Waals surface area contributed by atoms with Crippen molar-refractivity contribution >= 4 is 27.6 Å². The first kappa shape index (κ1) is 22.4. The van der Waals surface area contributed by atoms with E-state index in [-0.39, 0.29) is 23.0 Å². The van der Waals surface area contributed by atoms with Gasteiger partial charge in [-0.05, 0) is 37.6 Å². The second-order valence-corrected chi connectivity index (χ2v) is 9.00. The van der Waals surface area contributed by atoms with Crippen LogP contribution in [0.3, 0.4) is 0 Å². The largest absolute Gasteiger partial charge is 0.348 e. The van der Waals surface area contributed by atoms with Crippen LogP contribution in [0.2, 0.25) is 0 Å². The van der Waals surface area contributed by atoms with Gasteiger partial charge in [-0.2, -0.15) is 0 Å². The smallest absolute Gasteiger partial charge is 0.319 e. The average Bonchev–Trinajstić information content (AvgIpc) is 2.66. The molecule has 0 radical (unpaired) electrons. The molecule has 0 spiro atoms. The zero-order valence-electron chi connectivity index (χ0n) is 16.9. The molecule has 0 saturated carbocycles. The van der Waals surface area contributed by atoms with E-state index in [1.165, 1.54) is 20.2 Å². The molecule has 0 aromatic heterocycles. The Morgan fingerprint density at radius 1 is 1.00 bits per heavy atom. The summed E-state index contributed by atoms with van der Waals surface area (Å²) < 4.78 is 26.1. The van der Waals surface area contributed by atoms with Crippen molar-refractivity contribution in [2.75, 3.05) is 19.4 Å². The summed E-state index contributed by atoms with van der Waals surface area (Å²) in [4.78, 5) is 24.8. The van der Waals surface area contributed by atoms with E-state index >= 15 is 0 Å². The molecule has 2 aromatic carbocycles. The molecular formula is C20H26N4O4S. The predicted molar refractivity (Wildman–Crippen MR) is 112 cm³/mol. The van der Waals surface area contributed by atoms with Crippen molar-refractivity contribution in [2.45, 2.75) is 31.3 Å². The third kappa shape index (κ3) is 5.78. The quantitative estimate of drug-likeness (QED) is 0.642. The first-order valence-electron chi connectivity index (χ1n) is 9.08. The molecule has 0 unspecified atom stereocenters. The lowest BCUT2D eigenvalue weighted by molar-refractivity contribution is 0.0951. The van der Waals surface area contributed by atoms with E-state index in [1.807, 2.05) is 13.8 Å². The maximum atomic E-state index is 12.7. The second-order valence-electron chi connectivity index (χ2n) is 6.88. The van der Waals surface area contributed by atoms with Gasteiger partial charge < -0.3 is 16.0 Å². The number of hydrogen-bond acceptors (Lipinski definition) is 4. The Morgan fingerprint density at radius 2 is 1.62 bits per heavy atom. The third-order valence-corrected chi connectivity index (χ3v) is 5.93. The van der Waals surface area contributed by atoms with Crippen LogP contribution in [-0.4, -0.2) is 44.8 Å².